The molecule has 1 N–H and O–H groups in total. The van der Waals surface area contributed by atoms with E-state index in [1.54, 1.807) is 43.1 Å². The molecule has 5 nitrogen and oxygen atoms in total. The van der Waals surface area contributed by atoms with E-state index in [-0.39, 0.29) is 16.1 Å². The first kappa shape index (κ1) is 19.9. The van der Waals surface area contributed by atoms with Gasteiger partial charge >= 0.3 is 0 Å². The van der Waals surface area contributed by atoms with Gasteiger partial charge < -0.3 is 5.32 Å². The molecule has 2 aromatic rings. The normalized spacial score (nSPS) is 16.3. The van der Waals surface area contributed by atoms with Gasteiger partial charge in [-0.15, -0.1) is 11.8 Å². The van der Waals surface area contributed by atoms with Crippen LogP contribution >= 0.6 is 11.8 Å². The highest BCUT2D eigenvalue weighted by Gasteiger charge is 2.28. The van der Waals surface area contributed by atoms with Gasteiger partial charge in [-0.1, -0.05) is 31.5 Å². The predicted molar refractivity (Wildman–Crippen MR) is 110 cm³/mol. The zero-order valence-electron chi connectivity index (χ0n) is 15.5. The maximum absolute atomic E-state index is 12.5. The van der Waals surface area contributed by atoms with E-state index in [4.69, 9.17) is 0 Å². The van der Waals surface area contributed by atoms with Crippen LogP contribution in [0.1, 0.15) is 25.3 Å². The molecular formula is C20H24N2O3S2. The zero-order valence-corrected chi connectivity index (χ0v) is 17.1. The molecule has 27 heavy (non-hydrogen) atoms. The summed E-state index contributed by atoms with van der Waals surface area (Å²) >= 11 is 1.57. The minimum Gasteiger partial charge on any atom is -0.325 e. The van der Waals surface area contributed by atoms with Crippen molar-refractivity contribution >= 4 is 33.4 Å². The summed E-state index contributed by atoms with van der Waals surface area (Å²) < 4.78 is 26.5. The highest BCUT2D eigenvalue weighted by Crippen LogP contribution is 2.37. The van der Waals surface area contributed by atoms with E-state index in [9.17, 15) is 13.2 Å². The van der Waals surface area contributed by atoms with Crippen LogP contribution in [0.4, 0.5) is 5.69 Å². The van der Waals surface area contributed by atoms with Crippen molar-refractivity contribution < 1.29 is 13.2 Å². The second-order valence-corrected chi connectivity index (χ2v) is 9.90. The molecule has 0 aliphatic carbocycles. The third-order valence-corrected chi connectivity index (χ3v) is 7.78. The van der Waals surface area contributed by atoms with E-state index < -0.39 is 10.0 Å². The van der Waals surface area contributed by atoms with Gasteiger partial charge in [0.05, 0.1) is 10.1 Å². The number of carbonyl (C=O) groups is 1. The highest BCUT2D eigenvalue weighted by molar-refractivity contribution is 8.01. The first-order valence-electron chi connectivity index (χ1n) is 9.03. The van der Waals surface area contributed by atoms with Crippen molar-refractivity contribution in [2.24, 2.45) is 0 Å². The topological polar surface area (TPSA) is 66.5 Å². The Kier molecular flexibility index (Phi) is 6.24. The lowest BCUT2D eigenvalue weighted by molar-refractivity contribution is -0.115. The lowest BCUT2D eigenvalue weighted by atomic mass is 10.1. The Morgan fingerprint density at radius 1 is 1.19 bits per heavy atom. The smallest absolute Gasteiger partial charge is 0.242 e. The number of amides is 1. The minimum absolute atomic E-state index is 0.0631. The van der Waals surface area contributed by atoms with Gasteiger partial charge in [-0.3, -0.25) is 4.79 Å². The third-order valence-electron chi connectivity index (χ3n) is 4.60. The highest BCUT2D eigenvalue weighted by atomic mass is 32.2. The molecule has 0 radical (unpaired) electrons. The fraction of sp³-hybridized carbons (Fsp3) is 0.350. The molecule has 3 rings (SSSR count). The van der Waals surface area contributed by atoms with Crippen LogP contribution in [0, 0.1) is 0 Å². The number of nitrogens with one attached hydrogen (secondary N) is 1. The fourth-order valence-electron chi connectivity index (χ4n) is 2.94. The molecule has 144 valence electrons. The summed E-state index contributed by atoms with van der Waals surface area (Å²) in [5.74, 6) is -0.0631. The van der Waals surface area contributed by atoms with Crippen LogP contribution in [0.25, 0.3) is 0 Å². The molecule has 0 saturated heterocycles. The number of anilines is 1. The summed E-state index contributed by atoms with van der Waals surface area (Å²) in [6, 6.07) is 14.4. The maximum Gasteiger partial charge on any atom is 0.242 e. The van der Waals surface area contributed by atoms with Gasteiger partial charge in [0.1, 0.15) is 0 Å². The van der Waals surface area contributed by atoms with Crippen LogP contribution in [0.5, 0.6) is 0 Å². The van der Waals surface area contributed by atoms with Gasteiger partial charge in [0.15, 0.2) is 0 Å². The molecule has 0 aromatic heterocycles. The van der Waals surface area contributed by atoms with Crippen LogP contribution in [-0.2, 0) is 21.2 Å². The van der Waals surface area contributed by atoms with Crippen LogP contribution in [-0.4, -0.2) is 37.5 Å². The molecule has 2 aromatic carbocycles. The summed E-state index contributed by atoms with van der Waals surface area (Å²) in [6.45, 7) is 2.52. The van der Waals surface area contributed by atoms with E-state index >= 15 is 0 Å². The number of fused-ring (bicyclic) bond motifs is 1. The van der Waals surface area contributed by atoms with Gasteiger partial charge in [0.2, 0.25) is 15.9 Å². The number of unbranched alkanes of at least 4 members (excludes halogenated alkanes) is 1. The van der Waals surface area contributed by atoms with E-state index in [0.29, 0.717) is 18.7 Å². The summed E-state index contributed by atoms with van der Waals surface area (Å²) in [7, 11) is -1.90. The van der Waals surface area contributed by atoms with Gasteiger partial charge in [-0.25, -0.2) is 12.7 Å². The largest absolute Gasteiger partial charge is 0.325 e. The molecule has 1 amide bonds. The van der Waals surface area contributed by atoms with Crippen LogP contribution < -0.4 is 5.32 Å². The molecule has 1 unspecified atom stereocenters. The average Bonchev–Trinajstić information content (AvgIpc) is 3.11. The molecule has 1 aliphatic heterocycles. The Labute approximate surface area is 165 Å². The second kappa shape index (κ2) is 8.46. The van der Waals surface area contributed by atoms with E-state index in [1.807, 2.05) is 31.2 Å². The Balaban J connectivity index is 1.63. The quantitative estimate of drug-likeness (QED) is 0.763. The number of rotatable bonds is 7. The minimum atomic E-state index is -3.49. The molecule has 1 atom stereocenters. The van der Waals surface area contributed by atoms with Crippen LogP contribution in [0.3, 0.4) is 0 Å². The monoisotopic (exact) mass is 404 g/mol. The van der Waals surface area contributed by atoms with Crippen LogP contribution in [0.2, 0.25) is 0 Å². The third kappa shape index (κ3) is 4.54. The summed E-state index contributed by atoms with van der Waals surface area (Å²) in [5, 5.41) is 2.73. The lowest BCUT2D eigenvalue weighted by Crippen LogP contribution is -2.28. The standard InChI is InChI=1S/C20H24N2O3S2/c1-3-4-13-22(2)27(24,25)17-11-9-16(10-12-17)21-20(23)19-14-15-7-5-6-8-18(15)26-19/h5-12,19H,3-4,13-14H2,1-2H3,(H,21,23). The van der Waals surface area contributed by atoms with Crippen molar-refractivity contribution in [3.8, 4) is 0 Å². The molecule has 1 aliphatic rings. The first-order valence-corrected chi connectivity index (χ1v) is 11.4. The maximum atomic E-state index is 12.5. The van der Waals surface area contributed by atoms with Gasteiger partial charge in [0, 0.05) is 24.2 Å². The zero-order chi connectivity index (χ0) is 19.4. The van der Waals surface area contributed by atoms with Crippen LogP contribution in [0.15, 0.2) is 58.3 Å². The van der Waals surface area contributed by atoms with Gasteiger partial charge in [-0.2, -0.15) is 0 Å². The average molecular weight is 405 g/mol. The number of hydrogen-bond acceptors (Lipinski definition) is 4. The summed E-state index contributed by atoms with van der Waals surface area (Å²) in [4.78, 5) is 13.9. The second-order valence-electron chi connectivity index (χ2n) is 6.61. The number of hydrogen-bond donors (Lipinski definition) is 1. The van der Waals surface area contributed by atoms with E-state index in [0.717, 1.165) is 17.7 Å². The van der Waals surface area contributed by atoms with Crippen molar-refractivity contribution in [3.05, 3.63) is 54.1 Å². The lowest BCUT2D eigenvalue weighted by Gasteiger charge is -2.17. The van der Waals surface area contributed by atoms with E-state index in [1.165, 1.54) is 9.87 Å². The van der Waals surface area contributed by atoms with Crippen molar-refractivity contribution in [2.45, 2.75) is 41.2 Å². The number of thioether (sulfide) groups is 1. The molecule has 0 spiro atoms. The predicted octanol–water partition coefficient (Wildman–Crippen LogP) is 3.76. The Morgan fingerprint density at radius 2 is 1.89 bits per heavy atom. The summed E-state index contributed by atoms with van der Waals surface area (Å²) in [6.07, 6.45) is 2.47. The first-order chi connectivity index (χ1) is 12.9. The fourth-order valence-corrected chi connectivity index (χ4v) is 5.35. The molecular weight excluding hydrogens is 380 g/mol. The molecule has 0 fully saturated rings. The molecule has 0 saturated carbocycles. The van der Waals surface area contributed by atoms with Crippen molar-refractivity contribution in [2.75, 3.05) is 18.9 Å². The summed E-state index contributed by atoms with van der Waals surface area (Å²) in [5.41, 5.74) is 1.80. The number of benzene rings is 2. The van der Waals surface area contributed by atoms with Crippen molar-refractivity contribution in [1.82, 2.24) is 4.31 Å². The Morgan fingerprint density at radius 3 is 2.56 bits per heavy atom. The Bertz CT molecular complexity index is 886. The van der Waals surface area contributed by atoms with Crippen molar-refractivity contribution in [1.29, 1.82) is 0 Å². The van der Waals surface area contributed by atoms with E-state index in [2.05, 4.69) is 5.32 Å². The van der Waals surface area contributed by atoms with Crippen molar-refractivity contribution in [3.63, 3.8) is 0 Å². The number of sulfonamides is 1. The van der Waals surface area contributed by atoms with Gasteiger partial charge in [0.25, 0.3) is 0 Å². The number of carbonyl (C=O) groups excluding carboxylic acids is 1. The molecule has 1 heterocycles. The number of nitrogens with zero attached hydrogens (tertiary/aromatic N) is 1. The SMILES string of the molecule is CCCCN(C)S(=O)(=O)c1ccc(NC(=O)C2Cc3ccccc3S2)cc1. The van der Waals surface area contributed by atoms with Gasteiger partial charge in [-0.05, 0) is 48.7 Å². The Hall–Kier alpha value is -1.83. The molecule has 7 heteroatoms. The molecule has 0 bridgehead atoms.